The van der Waals surface area contributed by atoms with E-state index in [-0.39, 0.29) is 0 Å². The quantitative estimate of drug-likeness (QED) is 0.463. The summed E-state index contributed by atoms with van der Waals surface area (Å²) in [4.78, 5) is 2.62. The SMILES string of the molecule is C=C.CCCCCCCN(CCC)CCC.CN. The van der Waals surface area contributed by atoms with E-state index in [0.717, 1.165) is 0 Å². The van der Waals surface area contributed by atoms with Gasteiger partial charge >= 0.3 is 0 Å². The highest BCUT2D eigenvalue weighted by Gasteiger charge is 2.00. The van der Waals surface area contributed by atoms with Gasteiger partial charge in [0.2, 0.25) is 0 Å². The molecule has 0 aromatic carbocycles. The molecule has 2 heteroatoms. The summed E-state index contributed by atoms with van der Waals surface area (Å²) in [7, 11) is 1.50. The van der Waals surface area contributed by atoms with E-state index in [1.165, 1.54) is 71.6 Å². The van der Waals surface area contributed by atoms with Gasteiger partial charge in [-0.05, 0) is 45.9 Å². The lowest BCUT2D eigenvalue weighted by atomic mass is 10.1. The maximum Gasteiger partial charge on any atom is -0.00187 e. The molecule has 0 saturated heterocycles. The van der Waals surface area contributed by atoms with Crippen LogP contribution in [0.1, 0.15) is 65.7 Å². The van der Waals surface area contributed by atoms with Gasteiger partial charge in [0.15, 0.2) is 0 Å². The Morgan fingerprint density at radius 1 is 0.667 bits per heavy atom. The van der Waals surface area contributed by atoms with Gasteiger partial charge in [-0.2, -0.15) is 0 Å². The molecule has 2 nitrogen and oxygen atoms in total. The van der Waals surface area contributed by atoms with Crippen LogP contribution in [0.25, 0.3) is 0 Å². The largest absolute Gasteiger partial charge is 0.333 e. The molecule has 0 radical (unpaired) electrons. The van der Waals surface area contributed by atoms with Gasteiger partial charge in [-0.15, -0.1) is 13.2 Å². The second kappa shape index (κ2) is 25.5. The molecule has 0 aromatic rings. The third kappa shape index (κ3) is 21.0. The van der Waals surface area contributed by atoms with Crippen molar-refractivity contribution in [2.24, 2.45) is 5.73 Å². The molecule has 0 fully saturated rings. The molecular formula is C16H38N2. The summed E-state index contributed by atoms with van der Waals surface area (Å²) < 4.78 is 0. The van der Waals surface area contributed by atoms with Crippen LogP contribution in [-0.4, -0.2) is 31.6 Å². The van der Waals surface area contributed by atoms with Gasteiger partial charge in [-0.25, -0.2) is 0 Å². The van der Waals surface area contributed by atoms with E-state index in [1.807, 2.05) is 0 Å². The predicted octanol–water partition coefficient (Wildman–Crippen LogP) is 4.46. The number of rotatable bonds is 10. The molecule has 0 heterocycles. The highest BCUT2D eigenvalue weighted by atomic mass is 15.1. The molecule has 0 aliphatic carbocycles. The van der Waals surface area contributed by atoms with Crippen LogP contribution in [0.15, 0.2) is 13.2 Å². The van der Waals surface area contributed by atoms with E-state index >= 15 is 0 Å². The summed E-state index contributed by atoms with van der Waals surface area (Å²) in [5, 5.41) is 0. The van der Waals surface area contributed by atoms with E-state index in [2.05, 4.69) is 44.6 Å². The molecule has 0 atom stereocenters. The molecule has 2 N–H and O–H groups in total. The third-order valence-electron chi connectivity index (χ3n) is 2.66. The summed E-state index contributed by atoms with van der Waals surface area (Å²) in [5.74, 6) is 0. The Hall–Kier alpha value is -0.340. The molecule has 112 valence electrons. The molecule has 0 amide bonds. The van der Waals surface area contributed by atoms with E-state index in [0.29, 0.717) is 0 Å². The Morgan fingerprint density at radius 3 is 1.50 bits per heavy atom. The lowest BCUT2D eigenvalue weighted by Gasteiger charge is -2.20. The zero-order valence-electron chi connectivity index (χ0n) is 13.5. The second-order valence-corrected chi connectivity index (χ2v) is 4.26. The van der Waals surface area contributed by atoms with E-state index in [1.54, 1.807) is 0 Å². The number of nitrogens with zero attached hydrogens (tertiary/aromatic N) is 1. The molecule has 0 aliphatic heterocycles. The molecule has 0 unspecified atom stereocenters. The summed E-state index contributed by atoms with van der Waals surface area (Å²) in [6.07, 6.45) is 9.64. The van der Waals surface area contributed by atoms with Crippen molar-refractivity contribution in [3.63, 3.8) is 0 Å². The number of hydrogen-bond acceptors (Lipinski definition) is 2. The average molecular weight is 258 g/mol. The van der Waals surface area contributed by atoms with Crippen molar-refractivity contribution in [2.75, 3.05) is 26.7 Å². The molecule has 0 rings (SSSR count). The minimum Gasteiger partial charge on any atom is -0.333 e. The van der Waals surface area contributed by atoms with E-state index < -0.39 is 0 Å². The van der Waals surface area contributed by atoms with Crippen LogP contribution in [0.3, 0.4) is 0 Å². The lowest BCUT2D eigenvalue weighted by molar-refractivity contribution is 0.268. The summed E-state index contributed by atoms with van der Waals surface area (Å²) in [6, 6.07) is 0. The number of unbranched alkanes of at least 4 members (excludes halogenated alkanes) is 4. The van der Waals surface area contributed by atoms with E-state index in [9.17, 15) is 0 Å². The van der Waals surface area contributed by atoms with Crippen LogP contribution in [0.4, 0.5) is 0 Å². The Balaban J connectivity index is -0.000000506. The number of nitrogens with two attached hydrogens (primary N) is 1. The maximum atomic E-state index is 4.50. The molecule has 0 saturated carbocycles. The van der Waals surface area contributed by atoms with Crippen molar-refractivity contribution < 1.29 is 0 Å². The van der Waals surface area contributed by atoms with E-state index in [4.69, 9.17) is 0 Å². The minimum atomic E-state index is 1.29. The summed E-state index contributed by atoms with van der Waals surface area (Å²) in [6.45, 7) is 16.7. The molecule has 0 aliphatic rings. The van der Waals surface area contributed by atoms with Crippen LogP contribution in [-0.2, 0) is 0 Å². The Labute approximate surface area is 117 Å². The maximum absolute atomic E-state index is 4.50. The summed E-state index contributed by atoms with van der Waals surface area (Å²) >= 11 is 0. The van der Waals surface area contributed by atoms with Crippen molar-refractivity contribution in [1.82, 2.24) is 4.90 Å². The molecular weight excluding hydrogens is 220 g/mol. The first-order chi connectivity index (χ1) is 8.85. The number of hydrogen-bond donors (Lipinski definition) is 1. The second-order valence-electron chi connectivity index (χ2n) is 4.26. The predicted molar refractivity (Wildman–Crippen MR) is 87.1 cm³/mol. The molecule has 0 spiro atoms. The van der Waals surface area contributed by atoms with Crippen molar-refractivity contribution in [3.8, 4) is 0 Å². The first kappa shape index (κ1) is 22.8. The van der Waals surface area contributed by atoms with Crippen molar-refractivity contribution in [1.29, 1.82) is 0 Å². The van der Waals surface area contributed by atoms with Gasteiger partial charge in [-0.3, -0.25) is 0 Å². The van der Waals surface area contributed by atoms with Gasteiger partial charge in [0, 0.05) is 0 Å². The van der Waals surface area contributed by atoms with Crippen LogP contribution >= 0.6 is 0 Å². The monoisotopic (exact) mass is 258 g/mol. The van der Waals surface area contributed by atoms with Gasteiger partial charge in [0.05, 0.1) is 0 Å². The topological polar surface area (TPSA) is 29.3 Å². The molecule has 0 bridgehead atoms. The fraction of sp³-hybridized carbons (Fsp3) is 0.875. The summed E-state index contributed by atoms with van der Waals surface area (Å²) in [5.41, 5.74) is 4.50. The van der Waals surface area contributed by atoms with Gasteiger partial charge in [0.1, 0.15) is 0 Å². The van der Waals surface area contributed by atoms with Crippen molar-refractivity contribution in [3.05, 3.63) is 13.2 Å². The Kier molecular flexibility index (Phi) is 32.3. The van der Waals surface area contributed by atoms with Crippen LogP contribution < -0.4 is 5.73 Å². The third-order valence-corrected chi connectivity index (χ3v) is 2.66. The average Bonchev–Trinajstić information content (AvgIpc) is 2.43. The van der Waals surface area contributed by atoms with Crippen LogP contribution in [0.5, 0.6) is 0 Å². The Morgan fingerprint density at radius 2 is 1.11 bits per heavy atom. The molecule has 18 heavy (non-hydrogen) atoms. The fourth-order valence-electron chi connectivity index (χ4n) is 1.91. The molecule has 0 aromatic heterocycles. The zero-order chi connectivity index (χ0) is 14.6. The van der Waals surface area contributed by atoms with Crippen LogP contribution in [0, 0.1) is 0 Å². The standard InChI is InChI=1S/C13H29N.C2H4.CH5N/c1-4-7-8-9-10-13-14(11-5-2)12-6-3;2*1-2/h4-13H2,1-3H3;1-2H2;2H2,1H3. The normalized spacial score (nSPS) is 9.22. The highest BCUT2D eigenvalue weighted by molar-refractivity contribution is 4.56. The fourth-order valence-corrected chi connectivity index (χ4v) is 1.91. The van der Waals surface area contributed by atoms with Crippen LogP contribution in [0.2, 0.25) is 0 Å². The minimum absolute atomic E-state index is 1.29. The van der Waals surface area contributed by atoms with Gasteiger partial charge in [0.25, 0.3) is 0 Å². The zero-order valence-corrected chi connectivity index (χ0v) is 13.5. The lowest BCUT2D eigenvalue weighted by Crippen LogP contribution is -2.26. The van der Waals surface area contributed by atoms with Gasteiger partial charge in [-0.1, -0.05) is 46.5 Å². The van der Waals surface area contributed by atoms with Crippen molar-refractivity contribution in [2.45, 2.75) is 65.7 Å². The first-order valence-electron chi connectivity index (χ1n) is 7.65. The highest BCUT2D eigenvalue weighted by Crippen LogP contribution is 2.04. The smallest absolute Gasteiger partial charge is 0.00187 e. The van der Waals surface area contributed by atoms with Gasteiger partial charge < -0.3 is 10.6 Å². The first-order valence-corrected chi connectivity index (χ1v) is 7.65. The Bertz CT molecular complexity index is 110. The van der Waals surface area contributed by atoms with Crippen molar-refractivity contribution >= 4 is 0 Å².